The van der Waals surface area contributed by atoms with E-state index >= 15 is 0 Å². The molecule has 0 aliphatic heterocycles. The van der Waals surface area contributed by atoms with Gasteiger partial charge in [0, 0.05) is 31.4 Å². The summed E-state index contributed by atoms with van der Waals surface area (Å²) in [6.07, 6.45) is 6.81. The lowest BCUT2D eigenvalue weighted by Crippen LogP contribution is -2.43. The zero-order chi connectivity index (χ0) is 13.5. The highest BCUT2D eigenvalue weighted by Gasteiger charge is 2.36. The summed E-state index contributed by atoms with van der Waals surface area (Å²) in [5, 5.41) is 0. The van der Waals surface area contributed by atoms with Crippen LogP contribution in [-0.4, -0.2) is 9.55 Å². The van der Waals surface area contributed by atoms with Gasteiger partial charge in [0.1, 0.15) is 5.82 Å². The summed E-state index contributed by atoms with van der Waals surface area (Å²) in [7, 11) is 2.03. The van der Waals surface area contributed by atoms with Gasteiger partial charge in [-0.2, -0.15) is 0 Å². The van der Waals surface area contributed by atoms with Crippen LogP contribution in [-0.2, 0) is 19.0 Å². The second kappa shape index (κ2) is 4.49. The highest BCUT2D eigenvalue weighted by molar-refractivity contribution is 5.39. The van der Waals surface area contributed by atoms with Crippen molar-refractivity contribution in [3.05, 3.63) is 53.6 Å². The lowest BCUT2D eigenvalue weighted by Gasteiger charge is -2.38. The second-order valence-corrected chi connectivity index (χ2v) is 5.81. The van der Waals surface area contributed by atoms with Crippen molar-refractivity contribution in [2.75, 3.05) is 0 Å². The van der Waals surface area contributed by atoms with Crippen molar-refractivity contribution in [1.29, 1.82) is 0 Å². The van der Waals surface area contributed by atoms with E-state index in [-0.39, 0.29) is 5.54 Å². The minimum Gasteiger partial charge on any atom is -0.338 e. The summed E-state index contributed by atoms with van der Waals surface area (Å²) < 4.78 is 2.06. The molecule has 3 rings (SSSR count). The Morgan fingerprint density at radius 3 is 2.95 bits per heavy atom. The van der Waals surface area contributed by atoms with E-state index in [1.54, 1.807) is 0 Å². The summed E-state index contributed by atoms with van der Waals surface area (Å²) in [4.78, 5) is 4.43. The number of rotatable bonds is 2. The topological polar surface area (TPSA) is 43.8 Å². The Balaban J connectivity index is 2.01. The minimum absolute atomic E-state index is 0.276. The number of imidazole rings is 1. The van der Waals surface area contributed by atoms with Gasteiger partial charge in [0.15, 0.2) is 0 Å². The van der Waals surface area contributed by atoms with E-state index in [2.05, 4.69) is 40.7 Å². The molecule has 2 unspecified atom stereocenters. The van der Waals surface area contributed by atoms with E-state index in [1.807, 2.05) is 19.4 Å². The van der Waals surface area contributed by atoms with Gasteiger partial charge in [0.05, 0.1) is 0 Å². The first-order valence-corrected chi connectivity index (χ1v) is 6.95. The van der Waals surface area contributed by atoms with Gasteiger partial charge < -0.3 is 10.3 Å². The standard InChI is InChI=1S/C16H21N3/c1-12-7-8-16(17,11-15-18-9-10-19(15)2)14-6-4-3-5-13(12)14/h3-6,9-10,12H,7-8,11,17H2,1-2H3. The van der Waals surface area contributed by atoms with E-state index < -0.39 is 0 Å². The molecule has 100 valence electrons. The summed E-state index contributed by atoms with van der Waals surface area (Å²) in [6, 6.07) is 8.62. The number of hydrogen-bond acceptors (Lipinski definition) is 2. The normalized spacial score (nSPS) is 26.2. The number of fused-ring (bicyclic) bond motifs is 1. The van der Waals surface area contributed by atoms with Gasteiger partial charge in [-0.25, -0.2) is 4.98 Å². The summed E-state index contributed by atoms with van der Waals surface area (Å²) in [5.74, 6) is 1.67. The lowest BCUT2D eigenvalue weighted by atomic mass is 9.71. The molecule has 0 saturated carbocycles. The molecule has 0 fully saturated rings. The van der Waals surface area contributed by atoms with Crippen molar-refractivity contribution >= 4 is 0 Å². The van der Waals surface area contributed by atoms with E-state index in [9.17, 15) is 0 Å². The molecule has 3 nitrogen and oxygen atoms in total. The zero-order valence-corrected chi connectivity index (χ0v) is 11.6. The summed E-state index contributed by atoms with van der Waals surface area (Å²) in [5.41, 5.74) is 9.17. The predicted molar refractivity (Wildman–Crippen MR) is 76.9 cm³/mol. The van der Waals surface area contributed by atoms with E-state index in [0.717, 1.165) is 25.1 Å². The Morgan fingerprint density at radius 1 is 1.42 bits per heavy atom. The van der Waals surface area contributed by atoms with Crippen LogP contribution in [0.2, 0.25) is 0 Å². The fourth-order valence-corrected chi connectivity index (χ4v) is 3.18. The number of hydrogen-bond donors (Lipinski definition) is 1. The minimum atomic E-state index is -0.276. The van der Waals surface area contributed by atoms with Gasteiger partial charge in [-0.3, -0.25) is 0 Å². The van der Waals surface area contributed by atoms with Crippen molar-refractivity contribution in [2.45, 2.75) is 37.6 Å². The molecule has 19 heavy (non-hydrogen) atoms. The summed E-state index contributed by atoms with van der Waals surface area (Å²) >= 11 is 0. The van der Waals surface area contributed by atoms with Crippen molar-refractivity contribution in [2.24, 2.45) is 12.8 Å². The number of nitrogens with two attached hydrogens (primary N) is 1. The van der Waals surface area contributed by atoms with Crippen molar-refractivity contribution in [1.82, 2.24) is 9.55 Å². The van der Waals surface area contributed by atoms with Gasteiger partial charge in [0.2, 0.25) is 0 Å². The molecule has 0 bridgehead atoms. The first-order chi connectivity index (χ1) is 9.10. The molecule has 1 aliphatic rings. The molecule has 2 N–H and O–H groups in total. The molecule has 1 heterocycles. The van der Waals surface area contributed by atoms with Gasteiger partial charge >= 0.3 is 0 Å². The number of aryl methyl sites for hydroxylation is 1. The fourth-order valence-electron chi connectivity index (χ4n) is 3.18. The Morgan fingerprint density at radius 2 is 2.21 bits per heavy atom. The maximum atomic E-state index is 6.74. The fraction of sp³-hybridized carbons (Fsp3) is 0.438. The Hall–Kier alpha value is -1.61. The third-order valence-corrected chi connectivity index (χ3v) is 4.45. The number of nitrogens with zero attached hydrogens (tertiary/aromatic N) is 2. The van der Waals surface area contributed by atoms with Crippen LogP contribution in [0.4, 0.5) is 0 Å². The quantitative estimate of drug-likeness (QED) is 0.896. The lowest BCUT2D eigenvalue weighted by molar-refractivity contribution is 0.340. The second-order valence-electron chi connectivity index (χ2n) is 5.81. The molecular formula is C16H21N3. The Bertz CT molecular complexity index is 587. The highest BCUT2D eigenvalue weighted by Crippen LogP contribution is 2.41. The third-order valence-electron chi connectivity index (χ3n) is 4.45. The van der Waals surface area contributed by atoms with E-state index in [1.165, 1.54) is 11.1 Å². The molecule has 0 saturated heterocycles. The van der Waals surface area contributed by atoms with Crippen molar-refractivity contribution in [3.8, 4) is 0 Å². The van der Waals surface area contributed by atoms with Crippen LogP contribution >= 0.6 is 0 Å². The maximum Gasteiger partial charge on any atom is 0.110 e. The van der Waals surface area contributed by atoms with Gasteiger partial charge in [-0.15, -0.1) is 0 Å². The van der Waals surface area contributed by atoms with Gasteiger partial charge in [0.25, 0.3) is 0 Å². The smallest absolute Gasteiger partial charge is 0.110 e. The SMILES string of the molecule is CC1CCC(N)(Cc2nccn2C)c2ccccc21. The van der Waals surface area contributed by atoms with Crippen LogP contribution in [0.5, 0.6) is 0 Å². The van der Waals surface area contributed by atoms with Gasteiger partial charge in [-0.1, -0.05) is 31.2 Å². The molecule has 2 aromatic rings. The van der Waals surface area contributed by atoms with Crippen molar-refractivity contribution < 1.29 is 0 Å². The molecule has 1 aromatic carbocycles. The molecule has 1 aliphatic carbocycles. The van der Waals surface area contributed by atoms with Crippen LogP contribution in [0.15, 0.2) is 36.7 Å². The van der Waals surface area contributed by atoms with Crippen LogP contribution < -0.4 is 5.73 Å². The van der Waals surface area contributed by atoms with Crippen molar-refractivity contribution in [3.63, 3.8) is 0 Å². The van der Waals surface area contributed by atoms with Crippen LogP contribution in [0, 0.1) is 0 Å². The monoisotopic (exact) mass is 255 g/mol. The Kier molecular flexibility index (Phi) is 2.94. The predicted octanol–water partition coefficient (Wildman–Crippen LogP) is 2.71. The average Bonchev–Trinajstić information content (AvgIpc) is 2.80. The number of aromatic nitrogens is 2. The van der Waals surface area contributed by atoms with Crippen LogP contribution in [0.25, 0.3) is 0 Å². The van der Waals surface area contributed by atoms with Gasteiger partial charge in [-0.05, 0) is 29.9 Å². The average molecular weight is 255 g/mol. The zero-order valence-electron chi connectivity index (χ0n) is 11.6. The first-order valence-electron chi connectivity index (χ1n) is 6.95. The molecule has 1 aromatic heterocycles. The molecule has 3 heteroatoms. The molecule has 2 atom stereocenters. The van der Waals surface area contributed by atoms with Crippen LogP contribution in [0.1, 0.15) is 42.6 Å². The first kappa shape index (κ1) is 12.4. The maximum absolute atomic E-state index is 6.74. The molecular weight excluding hydrogens is 234 g/mol. The van der Waals surface area contributed by atoms with E-state index in [4.69, 9.17) is 5.73 Å². The molecule has 0 radical (unpaired) electrons. The third kappa shape index (κ3) is 2.08. The van der Waals surface area contributed by atoms with Crippen LogP contribution in [0.3, 0.4) is 0 Å². The summed E-state index contributed by atoms with van der Waals surface area (Å²) in [6.45, 7) is 2.29. The highest BCUT2D eigenvalue weighted by atomic mass is 15.0. The molecule has 0 spiro atoms. The molecule has 0 amide bonds. The Labute approximate surface area is 114 Å². The number of benzene rings is 1. The van der Waals surface area contributed by atoms with E-state index in [0.29, 0.717) is 5.92 Å². The largest absolute Gasteiger partial charge is 0.338 e.